The molecule has 0 spiro atoms. The molecule has 0 atom stereocenters. The minimum atomic E-state index is 0.0280. The fourth-order valence-electron chi connectivity index (χ4n) is 3.39. The fourth-order valence-corrected chi connectivity index (χ4v) is 3.39. The van der Waals surface area contributed by atoms with Crippen LogP contribution in [0.2, 0.25) is 0 Å². The summed E-state index contributed by atoms with van der Waals surface area (Å²) in [6.45, 7) is 8.89. The second-order valence-corrected chi connectivity index (χ2v) is 7.03. The van der Waals surface area contributed by atoms with Crippen molar-refractivity contribution in [3.05, 3.63) is 76.4 Å². The van der Waals surface area contributed by atoms with E-state index in [1.165, 1.54) is 11.1 Å². The van der Waals surface area contributed by atoms with Gasteiger partial charge in [0.25, 0.3) is 5.91 Å². The van der Waals surface area contributed by atoms with Gasteiger partial charge in [-0.25, -0.2) is 0 Å². The van der Waals surface area contributed by atoms with Crippen LogP contribution in [-0.2, 0) is 11.3 Å². The predicted octanol–water partition coefficient (Wildman–Crippen LogP) is 4.38. The van der Waals surface area contributed by atoms with Gasteiger partial charge in [0, 0.05) is 30.9 Å². The third-order valence-electron chi connectivity index (χ3n) is 4.55. The van der Waals surface area contributed by atoms with Gasteiger partial charge in [-0.15, -0.1) is 0 Å². The Morgan fingerprint density at radius 1 is 1.04 bits per heavy atom. The molecule has 2 aromatic rings. The third kappa shape index (κ3) is 4.80. The number of anilines is 1. The smallest absolute Gasteiger partial charge is 0.251 e. The number of rotatable bonds is 4. The topological polar surface area (TPSA) is 32.3 Å². The Hall–Kier alpha value is -2.39. The molecule has 0 aromatic heterocycles. The lowest BCUT2D eigenvalue weighted by molar-refractivity contribution is -0.113. The van der Waals surface area contributed by atoms with Crippen molar-refractivity contribution in [3.8, 4) is 0 Å². The molecule has 1 N–H and O–H groups in total. The predicted molar refractivity (Wildman–Crippen MR) is 104 cm³/mol. The summed E-state index contributed by atoms with van der Waals surface area (Å²) in [6, 6.07) is 14.8. The van der Waals surface area contributed by atoms with E-state index >= 15 is 0 Å². The molecule has 0 unspecified atom stereocenters. The van der Waals surface area contributed by atoms with Crippen LogP contribution in [0.4, 0.5) is 5.69 Å². The zero-order valence-corrected chi connectivity index (χ0v) is 15.3. The van der Waals surface area contributed by atoms with Crippen molar-refractivity contribution in [2.75, 3.05) is 18.4 Å². The maximum atomic E-state index is 12.5. The summed E-state index contributed by atoms with van der Waals surface area (Å²) in [5.74, 6) is 0.0280. The maximum Gasteiger partial charge on any atom is 0.251 e. The second-order valence-electron chi connectivity index (χ2n) is 7.03. The lowest BCUT2D eigenvalue weighted by atomic mass is 10.1. The van der Waals surface area contributed by atoms with E-state index in [1.807, 2.05) is 26.0 Å². The molecule has 2 aromatic carbocycles. The van der Waals surface area contributed by atoms with E-state index in [0.717, 1.165) is 48.4 Å². The second kappa shape index (κ2) is 7.66. The van der Waals surface area contributed by atoms with Crippen LogP contribution < -0.4 is 5.32 Å². The lowest BCUT2D eigenvalue weighted by Gasteiger charge is -2.26. The summed E-state index contributed by atoms with van der Waals surface area (Å²) in [7, 11) is 0. The first-order valence-corrected chi connectivity index (χ1v) is 8.86. The van der Waals surface area contributed by atoms with E-state index in [-0.39, 0.29) is 5.91 Å². The number of nitrogens with zero attached hydrogens (tertiary/aromatic N) is 1. The first-order chi connectivity index (χ1) is 12.0. The van der Waals surface area contributed by atoms with Crippen LogP contribution in [0.25, 0.3) is 0 Å². The van der Waals surface area contributed by atoms with Crippen molar-refractivity contribution in [1.82, 2.24) is 4.90 Å². The van der Waals surface area contributed by atoms with Gasteiger partial charge in [0.15, 0.2) is 0 Å². The molecule has 0 saturated heterocycles. The van der Waals surface area contributed by atoms with Crippen molar-refractivity contribution in [1.29, 1.82) is 0 Å². The standard InChI is InChI=1S/C22H26N2O/c1-16-5-4-6-19(12-16)15-24-9-7-20(8-10-24)22(25)23-21-13-17(2)11-18(3)14-21/h4-7,11-14H,8-10,15H2,1-3H3,(H,23,25). The van der Waals surface area contributed by atoms with E-state index in [2.05, 4.69) is 53.5 Å². The number of carbonyl (C=O) groups is 1. The summed E-state index contributed by atoms with van der Waals surface area (Å²) in [6.07, 6.45) is 2.86. The Morgan fingerprint density at radius 2 is 1.80 bits per heavy atom. The Kier molecular flexibility index (Phi) is 5.34. The van der Waals surface area contributed by atoms with Crippen molar-refractivity contribution < 1.29 is 4.79 Å². The van der Waals surface area contributed by atoms with Crippen LogP contribution in [0.3, 0.4) is 0 Å². The van der Waals surface area contributed by atoms with Gasteiger partial charge in [-0.3, -0.25) is 9.69 Å². The van der Waals surface area contributed by atoms with E-state index in [9.17, 15) is 4.79 Å². The largest absolute Gasteiger partial charge is 0.322 e. The zero-order chi connectivity index (χ0) is 17.8. The van der Waals surface area contributed by atoms with Gasteiger partial charge in [-0.1, -0.05) is 42.0 Å². The van der Waals surface area contributed by atoms with E-state index in [0.29, 0.717) is 0 Å². The normalized spacial score (nSPS) is 14.9. The molecule has 130 valence electrons. The zero-order valence-electron chi connectivity index (χ0n) is 15.3. The van der Waals surface area contributed by atoms with Crippen molar-refractivity contribution in [2.45, 2.75) is 33.7 Å². The summed E-state index contributed by atoms with van der Waals surface area (Å²) < 4.78 is 0. The monoisotopic (exact) mass is 334 g/mol. The SMILES string of the molecule is Cc1cccc(CN2CC=C(C(=O)Nc3cc(C)cc(C)c3)CC2)c1. The van der Waals surface area contributed by atoms with Crippen LogP contribution in [-0.4, -0.2) is 23.9 Å². The Balaban J connectivity index is 1.59. The molecule has 0 bridgehead atoms. The molecule has 0 fully saturated rings. The van der Waals surface area contributed by atoms with Gasteiger partial charge in [-0.05, 0) is 56.0 Å². The van der Waals surface area contributed by atoms with Gasteiger partial charge in [0.1, 0.15) is 0 Å². The average Bonchev–Trinajstić information content (AvgIpc) is 2.54. The molecule has 3 nitrogen and oxygen atoms in total. The number of nitrogens with one attached hydrogen (secondary N) is 1. The number of amides is 1. The highest BCUT2D eigenvalue weighted by atomic mass is 16.1. The highest BCUT2D eigenvalue weighted by Gasteiger charge is 2.17. The molecule has 0 saturated carbocycles. The van der Waals surface area contributed by atoms with Gasteiger partial charge in [0.05, 0.1) is 0 Å². The van der Waals surface area contributed by atoms with E-state index in [4.69, 9.17) is 0 Å². The summed E-state index contributed by atoms with van der Waals surface area (Å²) in [5.41, 5.74) is 6.72. The Labute approximate surface area is 150 Å². The quantitative estimate of drug-likeness (QED) is 0.900. The number of hydrogen-bond donors (Lipinski definition) is 1. The summed E-state index contributed by atoms with van der Waals surface area (Å²) in [4.78, 5) is 14.9. The van der Waals surface area contributed by atoms with Crippen molar-refractivity contribution >= 4 is 11.6 Å². The number of hydrogen-bond acceptors (Lipinski definition) is 2. The first-order valence-electron chi connectivity index (χ1n) is 8.86. The van der Waals surface area contributed by atoms with Crippen LogP contribution in [0, 0.1) is 20.8 Å². The number of benzene rings is 2. The van der Waals surface area contributed by atoms with Gasteiger partial charge >= 0.3 is 0 Å². The molecule has 3 rings (SSSR count). The Bertz CT molecular complexity index is 787. The van der Waals surface area contributed by atoms with Gasteiger partial charge in [0.2, 0.25) is 0 Å². The van der Waals surface area contributed by atoms with Crippen LogP contribution in [0.5, 0.6) is 0 Å². The van der Waals surface area contributed by atoms with E-state index < -0.39 is 0 Å². The molecule has 0 aliphatic carbocycles. The molecule has 1 aliphatic heterocycles. The molecule has 25 heavy (non-hydrogen) atoms. The number of carbonyl (C=O) groups excluding carboxylic acids is 1. The number of aryl methyl sites for hydroxylation is 3. The minimum Gasteiger partial charge on any atom is -0.322 e. The molecule has 3 heteroatoms. The third-order valence-corrected chi connectivity index (χ3v) is 4.55. The maximum absolute atomic E-state index is 12.5. The summed E-state index contributed by atoms with van der Waals surface area (Å²) >= 11 is 0. The first kappa shape index (κ1) is 17.4. The lowest BCUT2D eigenvalue weighted by Crippen LogP contribution is -2.31. The van der Waals surface area contributed by atoms with Crippen LogP contribution in [0.15, 0.2) is 54.1 Å². The summed E-state index contributed by atoms with van der Waals surface area (Å²) in [5, 5.41) is 3.04. The average molecular weight is 334 g/mol. The molecular weight excluding hydrogens is 308 g/mol. The van der Waals surface area contributed by atoms with Crippen LogP contribution in [0.1, 0.15) is 28.7 Å². The molecule has 1 aliphatic rings. The molecule has 1 amide bonds. The van der Waals surface area contributed by atoms with Gasteiger partial charge in [-0.2, -0.15) is 0 Å². The Morgan fingerprint density at radius 3 is 2.44 bits per heavy atom. The highest BCUT2D eigenvalue weighted by molar-refractivity contribution is 6.03. The van der Waals surface area contributed by atoms with Crippen molar-refractivity contribution in [3.63, 3.8) is 0 Å². The highest BCUT2D eigenvalue weighted by Crippen LogP contribution is 2.18. The van der Waals surface area contributed by atoms with Crippen LogP contribution >= 0.6 is 0 Å². The van der Waals surface area contributed by atoms with Gasteiger partial charge < -0.3 is 5.32 Å². The minimum absolute atomic E-state index is 0.0280. The molecule has 0 radical (unpaired) electrons. The van der Waals surface area contributed by atoms with Crippen molar-refractivity contribution in [2.24, 2.45) is 0 Å². The molecular formula is C22H26N2O. The fraction of sp³-hybridized carbons (Fsp3) is 0.318. The molecule has 1 heterocycles. The van der Waals surface area contributed by atoms with E-state index in [1.54, 1.807) is 0 Å².